The van der Waals surface area contributed by atoms with Crippen LogP contribution in [0.15, 0.2) is 12.1 Å². The summed E-state index contributed by atoms with van der Waals surface area (Å²) < 4.78 is 0. The minimum absolute atomic E-state index is 0.178. The first-order chi connectivity index (χ1) is 9.92. The normalized spacial score (nSPS) is 17.1. The number of aromatic nitrogens is 1. The molecule has 116 valence electrons. The second kappa shape index (κ2) is 6.65. The van der Waals surface area contributed by atoms with E-state index >= 15 is 0 Å². The largest absolute Gasteiger partial charge is 0.478 e. The summed E-state index contributed by atoms with van der Waals surface area (Å²) in [6.45, 7) is 5.24. The second-order valence-corrected chi connectivity index (χ2v) is 6.88. The van der Waals surface area contributed by atoms with E-state index in [1.807, 2.05) is 0 Å². The molecule has 0 amide bonds. The summed E-state index contributed by atoms with van der Waals surface area (Å²) in [5, 5.41) is 12.8. The first kappa shape index (κ1) is 16.1. The van der Waals surface area contributed by atoms with Gasteiger partial charge in [0.2, 0.25) is 0 Å². The second-order valence-electron chi connectivity index (χ2n) is 6.49. The minimum atomic E-state index is -0.981. The zero-order valence-corrected chi connectivity index (χ0v) is 13.4. The Bertz CT molecular complexity index is 511. The number of hydrogen-bond donors (Lipinski definition) is 2. The predicted molar refractivity (Wildman–Crippen MR) is 85.1 cm³/mol. The lowest BCUT2D eigenvalue weighted by Gasteiger charge is -2.31. The maximum absolute atomic E-state index is 11.3. The van der Waals surface area contributed by atoms with Crippen LogP contribution in [0.5, 0.6) is 0 Å². The standard InChI is InChI=1S/C16H23ClN2O2/c1-11(2)9-16(7-3-4-8-16)10-18-14-12(15(20)21)5-6-13(17)19-14/h5-6,11H,3-4,7-10H2,1-2H3,(H,18,19)(H,20,21). The number of rotatable bonds is 6. The summed E-state index contributed by atoms with van der Waals surface area (Å²) in [6.07, 6.45) is 6.05. The van der Waals surface area contributed by atoms with Gasteiger partial charge in [0, 0.05) is 6.54 Å². The highest BCUT2D eigenvalue weighted by Crippen LogP contribution is 2.43. The molecule has 2 N–H and O–H groups in total. The molecule has 4 nitrogen and oxygen atoms in total. The van der Waals surface area contributed by atoms with E-state index < -0.39 is 5.97 Å². The van der Waals surface area contributed by atoms with Crippen LogP contribution >= 0.6 is 11.6 Å². The molecule has 1 fully saturated rings. The topological polar surface area (TPSA) is 62.2 Å². The smallest absolute Gasteiger partial charge is 0.339 e. The molecule has 1 aromatic rings. The quantitative estimate of drug-likeness (QED) is 0.762. The molecule has 1 heterocycles. The lowest BCUT2D eigenvalue weighted by atomic mass is 9.78. The first-order valence-electron chi connectivity index (χ1n) is 7.56. The predicted octanol–water partition coefficient (Wildman–Crippen LogP) is 4.45. The highest BCUT2D eigenvalue weighted by atomic mass is 35.5. The number of anilines is 1. The Labute approximate surface area is 130 Å². The van der Waals surface area contributed by atoms with Gasteiger partial charge in [0.05, 0.1) is 0 Å². The number of carbonyl (C=O) groups is 1. The summed E-state index contributed by atoms with van der Waals surface area (Å²) in [6, 6.07) is 3.01. The molecule has 21 heavy (non-hydrogen) atoms. The van der Waals surface area contributed by atoms with E-state index in [1.165, 1.54) is 37.8 Å². The molecule has 0 radical (unpaired) electrons. The Balaban J connectivity index is 2.14. The molecule has 0 aliphatic heterocycles. The number of aromatic carboxylic acids is 1. The number of pyridine rings is 1. The molecule has 1 aromatic heterocycles. The van der Waals surface area contributed by atoms with Gasteiger partial charge < -0.3 is 10.4 Å². The number of hydrogen-bond acceptors (Lipinski definition) is 3. The van der Waals surface area contributed by atoms with Crippen LogP contribution in [0.3, 0.4) is 0 Å². The fourth-order valence-electron chi connectivity index (χ4n) is 3.46. The van der Waals surface area contributed by atoms with Crippen LogP contribution in [-0.4, -0.2) is 22.6 Å². The third kappa shape index (κ3) is 4.10. The van der Waals surface area contributed by atoms with E-state index in [0.29, 0.717) is 16.9 Å². The monoisotopic (exact) mass is 310 g/mol. The molecule has 1 saturated carbocycles. The summed E-state index contributed by atoms with van der Waals surface area (Å²) in [7, 11) is 0. The van der Waals surface area contributed by atoms with Crippen molar-refractivity contribution in [3.05, 3.63) is 22.8 Å². The number of carboxylic acid groups (broad SMARTS) is 1. The van der Waals surface area contributed by atoms with Crippen LogP contribution in [0.4, 0.5) is 5.82 Å². The molecule has 0 bridgehead atoms. The zero-order chi connectivity index (χ0) is 15.5. The summed E-state index contributed by atoms with van der Waals surface area (Å²) in [4.78, 5) is 15.4. The summed E-state index contributed by atoms with van der Waals surface area (Å²) >= 11 is 5.89. The number of halogens is 1. The molecule has 0 atom stereocenters. The van der Waals surface area contributed by atoms with E-state index in [4.69, 9.17) is 11.6 Å². The van der Waals surface area contributed by atoms with Crippen molar-refractivity contribution in [3.63, 3.8) is 0 Å². The van der Waals surface area contributed by atoms with Crippen LogP contribution in [0.1, 0.15) is 56.3 Å². The van der Waals surface area contributed by atoms with Gasteiger partial charge in [-0.2, -0.15) is 0 Å². The van der Waals surface area contributed by atoms with Crippen LogP contribution in [0.25, 0.3) is 0 Å². The highest BCUT2D eigenvalue weighted by molar-refractivity contribution is 6.29. The van der Waals surface area contributed by atoms with Gasteiger partial charge in [-0.05, 0) is 42.7 Å². The van der Waals surface area contributed by atoms with Gasteiger partial charge in [-0.3, -0.25) is 0 Å². The van der Waals surface area contributed by atoms with Crippen LogP contribution < -0.4 is 5.32 Å². The molecule has 0 aromatic carbocycles. The lowest BCUT2D eigenvalue weighted by molar-refractivity contribution is 0.0697. The molecule has 5 heteroatoms. The van der Waals surface area contributed by atoms with E-state index in [2.05, 4.69) is 24.1 Å². The third-order valence-corrected chi connectivity index (χ3v) is 4.44. The molecular formula is C16H23ClN2O2. The molecular weight excluding hydrogens is 288 g/mol. The molecule has 1 aliphatic carbocycles. The Morgan fingerprint density at radius 1 is 1.43 bits per heavy atom. The van der Waals surface area contributed by atoms with E-state index in [-0.39, 0.29) is 11.0 Å². The van der Waals surface area contributed by atoms with Gasteiger partial charge in [-0.25, -0.2) is 9.78 Å². The molecule has 0 unspecified atom stereocenters. The first-order valence-corrected chi connectivity index (χ1v) is 7.93. The van der Waals surface area contributed by atoms with Crippen LogP contribution in [-0.2, 0) is 0 Å². The fourth-order valence-corrected chi connectivity index (χ4v) is 3.61. The molecule has 0 saturated heterocycles. The van der Waals surface area contributed by atoms with Crippen molar-refractivity contribution in [1.82, 2.24) is 4.98 Å². The maximum Gasteiger partial charge on any atom is 0.339 e. The maximum atomic E-state index is 11.3. The van der Waals surface area contributed by atoms with Crippen molar-refractivity contribution in [2.45, 2.75) is 46.0 Å². The third-order valence-electron chi connectivity index (χ3n) is 4.23. The average Bonchev–Trinajstić information content (AvgIpc) is 2.84. The van der Waals surface area contributed by atoms with E-state index in [1.54, 1.807) is 0 Å². The number of carboxylic acids is 1. The Kier molecular flexibility index (Phi) is 5.09. The Morgan fingerprint density at radius 3 is 2.67 bits per heavy atom. The molecule has 0 spiro atoms. The molecule has 2 rings (SSSR count). The van der Waals surface area contributed by atoms with Crippen molar-refractivity contribution in [3.8, 4) is 0 Å². The van der Waals surface area contributed by atoms with Crippen molar-refractivity contribution in [2.75, 3.05) is 11.9 Å². The number of nitrogens with one attached hydrogen (secondary N) is 1. The van der Waals surface area contributed by atoms with E-state index in [0.717, 1.165) is 13.0 Å². The average molecular weight is 311 g/mol. The van der Waals surface area contributed by atoms with Crippen LogP contribution in [0, 0.1) is 11.3 Å². The van der Waals surface area contributed by atoms with Gasteiger partial charge in [-0.15, -0.1) is 0 Å². The van der Waals surface area contributed by atoms with E-state index in [9.17, 15) is 9.90 Å². The van der Waals surface area contributed by atoms with Gasteiger partial charge in [0.25, 0.3) is 0 Å². The Hall–Kier alpha value is -1.29. The van der Waals surface area contributed by atoms with Gasteiger partial charge in [0.1, 0.15) is 16.5 Å². The fraction of sp³-hybridized carbons (Fsp3) is 0.625. The van der Waals surface area contributed by atoms with Gasteiger partial charge >= 0.3 is 5.97 Å². The van der Waals surface area contributed by atoms with Crippen LogP contribution in [0.2, 0.25) is 5.15 Å². The SMILES string of the molecule is CC(C)CC1(CNc2nc(Cl)ccc2C(=O)O)CCCC1. The lowest BCUT2D eigenvalue weighted by Crippen LogP contribution is -2.29. The van der Waals surface area contributed by atoms with Crippen molar-refractivity contribution in [1.29, 1.82) is 0 Å². The van der Waals surface area contributed by atoms with Gasteiger partial charge in [0.15, 0.2) is 0 Å². The van der Waals surface area contributed by atoms with Crippen molar-refractivity contribution < 1.29 is 9.90 Å². The summed E-state index contributed by atoms with van der Waals surface area (Å²) in [5.41, 5.74) is 0.436. The highest BCUT2D eigenvalue weighted by Gasteiger charge is 2.34. The van der Waals surface area contributed by atoms with Gasteiger partial charge in [-0.1, -0.05) is 38.3 Å². The number of nitrogens with zero attached hydrogens (tertiary/aromatic N) is 1. The zero-order valence-electron chi connectivity index (χ0n) is 12.7. The van der Waals surface area contributed by atoms with Crippen molar-refractivity contribution >= 4 is 23.4 Å². The van der Waals surface area contributed by atoms with Crippen molar-refractivity contribution in [2.24, 2.45) is 11.3 Å². The summed E-state index contributed by atoms with van der Waals surface area (Å²) in [5.74, 6) is 0.0344. The Morgan fingerprint density at radius 2 is 2.10 bits per heavy atom. The molecule has 1 aliphatic rings. The minimum Gasteiger partial charge on any atom is -0.478 e.